The summed E-state index contributed by atoms with van der Waals surface area (Å²) in [5.74, 6) is -1.71. The van der Waals surface area contributed by atoms with Crippen molar-refractivity contribution < 1.29 is 23.5 Å². The number of primary amides is 1. The number of carbonyl (C=O) groups is 3. The molecule has 1 fully saturated rings. The Balaban J connectivity index is 1.83. The molecule has 1 aromatic rings. The number of nitrogens with one attached hydrogen (secondary N) is 1. The van der Waals surface area contributed by atoms with E-state index in [0.29, 0.717) is 31.6 Å². The van der Waals surface area contributed by atoms with Gasteiger partial charge in [-0.3, -0.25) is 9.59 Å². The summed E-state index contributed by atoms with van der Waals surface area (Å²) in [6.07, 6.45) is 1.34. The third-order valence-electron chi connectivity index (χ3n) is 4.26. The Morgan fingerprint density at radius 1 is 1.26 bits per heavy atom. The van der Waals surface area contributed by atoms with Crippen molar-refractivity contribution in [1.82, 2.24) is 4.90 Å². The second kappa shape index (κ2) is 8.37. The Morgan fingerprint density at radius 2 is 1.89 bits per heavy atom. The summed E-state index contributed by atoms with van der Waals surface area (Å²) >= 11 is 0. The molecule has 0 radical (unpaired) electrons. The topological polar surface area (TPSA) is 102 Å². The summed E-state index contributed by atoms with van der Waals surface area (Å²) < 4.78 is 18.8. The molecular weight excluding hydrogens is 353 g/mol. The minimum Gasteiger partial charge on any atom is -0.444 e. The van der Waals surface area contributed by atoms with Gasteiger partial charge in [0.25, 0.3) is 5.91 Å². The second-order valence-corrected chi connectivity index (χ2v) is 7.72. The van der Waals surface area contributed by atoms with Gasteiger partial charge in [-0.1, -0.05) is 0 Å². The molecule has 0 atom stereocenters. The Hall–Kier alpha value is -2.64. The van der Waals surface area contributed by atoms with Crippen LogP contribution in [0.3, 0.4) is 0 Å². The quantitative estimate of drug-likeness (QED) is 0.840. The van der Waals surface area contributed by atoms with Gasteiger partial charge in [0.15, 0.2) is 0 Å². The first kappa shape index (κ1) is 20.7. The van der Waals surface area contributed by atoms with Crippen LogP contribution in [0.2, 0.25) is 0 Å². The Labute approximate surface area is 158 Å². The highest BCUT2D eigenvalue weighted by molar-refractivity contribution is 5.96. The number of nitrogens with zero attached hydrogens (tertiary/aromatic N) is 1. The van der Waals surface area contributed by atoms with Crippen molar-refractivity contribution in [3.63, 3.8) is 0 Å². The molecule has 27 heavy (non-hydrogen) atoms. The number of carbonyl (C=O) groups excluding carboxylic acids is 3. The third kappa shape index (κ3) is 6.23. The van der Waals surface area contributed by atoms with Crippen molar-refractivity contribution in [2.45, 2.75) is 45.6 Å². The van der Waals surface area contributed by atoms with E-state index in [0.717, 1.165) is 6.07 Å². The van der Waals surface area contributed by atoms with Crippen LogP contribution in [0.25, 0.3) is 0 Å². The smallest absolute Gasteiger partial charge is 0.410 e. The van der Waals surface area contributed by atoms with Gasteiger partial charge in [0.05, 0.1) is 5.56 Å². The lowest BCUT2D eigenvalue weighted by atomic mass is 9.93. The minimum atomic E-state index is -0.891. The fraction of sp³-hybridized carbons (Fsp3) is 0.526. The molecule has 0 aromatic heterocycles. The van der Waals surface area contributed by atoms with Crippen LogP contribution in [0, 0.1) is 11.7 Å². The first-order chi connectivity index (χ1) is 12.5. The van der Waals surface area contributed by atoms with Crippen molar-refractivity contribution >= 4 is 23.6 Å². The van der Waals surface area contributed by atoms with E-state index in [1.165, 1.54) is 12.1 Å². The number of likely N-dealkylation sites (tertiary alicyclic amines) is 1. The molecule has 0 saturated carbocycles. The Bertz CT molecular complexity index is 722. The number of anilines is 1. The van der Waals surface area contributed by atoms with Gasteiger partial charge in [0, 0.05) is 25.2 Å². The van der Waals surface area contributed by atoms with E-state index in [-0.39, 0.29) is 29.9 Å². The van der Waals surface area contributed by atoms with Crippen molar-refractivity contribution in [1.29, 1.82) is 0 Å². The van der Waals surface area contributed by atoms with Gasteiger partial charge in [0.2, 0.25) is 5.91 Å². The number of ether oxygens (including phenoxy) is 1. The lowest BCUT2D eigenvalue weighted by molar-refractivity contribution is -0.117. The number of halogens is 1. The van der Waals surface area contributed by atoms with Crippen molar-refractivity contribution in [3.05, 3.63) is 29.6 Å². The molecular formula is C19H26FN3O4. The largest absolute Gasteiger partial charge is 0.444 e. The van der Waals surface area contributed by atoms with Crippen LogP contribution in [-0.2, 0) is 9.53 Å². The van der Waals surface area contributed by atoms with Gasteiger partial charge >= 0.3 is 6.09 Å². The van der Waals surface area contributed by atoms with E-state index < -0.39 is 17.3 Å². The number of nitrogens with two attached hydrogens (primary N) is 1. The van der Waals surface area contributed by atoms with E-state index >= 15 is 0 Å². The maximum absolute atomic E-state index is 13.5. The van der Waals surface area contributed by atoms with Crippen LogP contribution in [-0.4, -0.2) is 41.5 Å². The summed E-state index contributed by atoms with van der Waals surface area (Å²) in [6.45, 7) is 6.54. The summed E-state index contributed by atoms with van der Waals surface area (Å²) in [4.78, 5) is 37.1. The zero-order valence-corrected chi connectivity index (χ0v) is 15.9. The maximum Gasteiger partial charge on any atom is 0.410 e. The average Bonchev–Trinajstić information content (AvgIpc) is 2.55. The van der Waals surface area contributed by atoms with Gasteiger partial charge < -0.3 is 20.7 Å². The zero-order valence-electron chi connectivity index (χ0n) is 15.9. The predicted octanol–water partition coefficient (Wildman–Crippen LogP) is 2.90. The van der Waals surface area contributed by atoms with E-state index in [4.69, 9.17) is 10.5 Å². The number of hydrogen-bond acceptors (Lipinski definition) is 4. The maximum atomic E-state index is 13.5. The molecule has 1 aliphatic heterocycles. The number of amides is 3. The molecule has 1 aliphatic rings. The minimum absolute atomic E-state index is 0.139. The normalized spacial score (nSPS) is 15.3. The Kier molecular flexibility index (Phi) is 6.41. The van der Waals surface area contributed by atoms with Gasteiger partial charge in [-0.15, -0.1) is 0 Å². The molecule has 3 amide bonds. The molecule has 1 saturated heterocycles. The number of hydrogen-bond donors (Lipinski definition) is 2. The third-order valence-corrected chi connectivity index (χ3v) is 4.26. The van der Waals surface area contributed by atoms with Crippen LogP contribution in [0.1, 0.15) is 50.4 Å². The molecule has 1 aromatic carbocycles. The van der Waals surface area contributed by atoms with Crippen molar-refractivity contribution in [2.24, 2.45) is 11.7 Å². The highest BCUT2D eigenvalue weighted by atomic mass is 19.1. The molecule has 8 heteroatoms. The van der Waals surface area contributed by atoms with Gasteiger partial charge in [-0.25, -0.2) is 9.18 Å². The lowest BCUT2D eigenvalue weighted by Crippen LogP contribution is -2.42. The molecule has 0 spiro atoms. The number of piperidine rings is 1. The lowest BCUT2D eigenvalue weighted by Gasteiger charge is -2.33. The molecule has 2 rings (SSSR count). The van der Waals surface area contributed by atoms with Crippen LogP contribution in [0.5, 0.6) is 0 Å². The molecule has 1 heterocycles. The second-order valence-electron chi connectivity index (χ2n) is 7.72. The highest BCUT2D eigenvalue weighted by Crippen LogP contribution is 2.23. The van der Waals surface area contributed by atoms with Crippen LogP contribution in [0.15, 0.2) is 18.2 Å². The fourth-order valence-electron chi connectivity index (χ4n) is 2.91. The van der Waals surface area contributed by atoms with Crippen molar-refractivity contribution in [3.8, 4) is 0 Å². The van der Waals surface area contributed by atoms with E-state index in [1.54, 1.807) is 4.90 Å². The number of rotatable bonds is 4. The average molecular weight is 379 g/mol. The summed E-state index contributed by atoms with van der Waals surface area (Å²) in [5, 5.41) is 2.66. The fourth-order valence-corrected chi connectivity index (χ4v) is 2.91. The molecule has 0 unspecified atom stereocenters. The van der Waals surface area contributed by atoms with E-state index in [1.807, 2.05) is 20.8 Å². The summed E-state index contributed by atoms with van der Waals surface area (Å²) in [7, 11) is 0. The van der Waals surface area contributed by atoms with Gasteiger partial charge in [0.1, 0.15) is 11.4 Å². The highest BCUT2D eigenvalue weighted by Gasteiger charge is 2.27. The standard InChI is InChI=1S/C19H26FN3O4/c1-19(2,3)27-18(26)23-8-6-12(7-9-23)10-16(24)22-13-4-5-15(20)14(11-13)17(21)25/h4-5,11-12H,6-10H2,1-3H3,(H2,21,25)(H,22,24). The Morgan fingerprint density at radius 3 is 2.44 bits per heavy atom. The van der Waals surface area contributed by atoms with Crippen LogP contribution < -0.4 is 11.1 Å². The van der Waals surface area contributed by atoms with Crippen molar-refractivity contribution in [2.75, 3.05) is 18.4 Å². The zero-order chi connectivity index (χ0) is 20.2. The molecule has 3 N–H and O–H groups in total. The monoisotopic (exact) mass is 379 g/mol. The summed E-state index contributed by atoms with van der Waals surface area (Å²) in [6, 6.07) is 3.69. The van der Waals surface area contributed by atoms with Crippen LogP contribution in [0.4, 0.5) is 14.9 Å². The van der Waals surface area contributed by atoms with Gasteiger partial charge in [-0.05, 0) is 57.7 Å². The van der Waals surface area contributed by atoms with Crippen LogP contribution >= 0.6 is 0 Å². The SMILES string of the molecule is CC(C)(C)OC(=O)N1CCC(CC(=O)Nc2ccc(F)c(C(N)=O)c2)CC1. The first-order valence-corrected chi connectivity index (χ1v) is 8.92. The number of benzene rings is 1. The van der Waals surface area contributed by atoms with E-state index in [9.17, 15) is 18.8 Å². The summed E-state index contributed by atoms with van der Waals surface area (Å²) in [5.41, 5.74) is 4.63. The first-order valence-electron chi connectivity index (χ1n) is 8.92. The predicted molar refractivity (Wildman–Crippen MR) is 98.7 cm³/mol. The van der Waals surface area contributed by atoms with Gasteiger partial charge in [-0.2, -0.15) is 0 Å². The molecule has 7 nitrogen and oxygen atoms in total. The molecule has 0 aliphatic carbocycles. The molecule has 0 bridgehead atoms. The van der Waals surface area contributed by atoms with E-state index in [2.05, 4.69) is 5.32 Å². The molecule has 148 valence electrons.